The van der Waals surface area contributed by atoms with Crippen molar-refractivity contribution in [3.05, 3.63) is 42.5 Å². The van der Waals surface area contributed by atoms with Crippen LogP contribution in [0.5, 0.6) is 0 Å². The van der Waals surface area contributed by atoms with Crippen LogP contribution >= 0.6 is 0 Å². The molecule has 1 aromatic rings. The van der Waals surface area contributed by atoms with Gasteiger partial charge in [-0.15, -0.1) is 6.58 Å². The van der Waals surface area contributed by atoms with Crippen LogP contribution in [0, 0.1) is 5.92 Å². The number of rotatable bonds is 7. The zero-order chi connectivity index (χ0) is 15.2. The van der Waals surface area contributed by atoms with Gasteiger partial charge in [0, 0.05) is 18.7 Å². The second-order valence-corrected chi connectivity index (χ2v) is 6.54. The van der Waals surface area contributed by atoms with Gasteiger partial charge in [0.15, 0.2) is 0 Å². The van der Waals surface area contributed by atoms with E-state index < -0.39 is 10.0 Å². The second kappa shape index (κ2) is 7.21. The zero-order valence-electron chi connectivity index (χ0n) is 11.7. The molecule has 0 spiro atoms. The lowest BCUT2D eigenvalue weighted by Gasteiger charge is -2.09. The number of carbonyl (C=O) groups is 1. The number of amides is 1. The molecular weight excluding hydrogens is 276 g/mol. The van der Waals surface area contributed by atoms with Crippen LogP contribution in [-0.4, -0.2) is 27.4 Å². The number of benzene rings is 1. The van der Waals surface area contributed by atoms with E-state index >= 15 is 0 Å². The standard InChI is InChI=1S/C14H20N2O3S/c1-4-8-16-20(18,19)13-7-5-6-12(9-13)14(17)15-10-11(2)3/h4-7,9,11,16H,1,8,10H2,2-3H3,(H,15,17). The van der Waals surface area contributed by atoms with E-state index in [2.05, 4.69) is 16.6 Å². The van der Waals surface area contributed by atoms with Crippen LogP contribution in [0.25, 0.3) is 0 Å². The van der Waals surface area contributed by atoms with Gasteiger partial charge in [0.1, 0.15) is 0 Å². The van der Waals surface area contributed by atoms with Gasteiger partial charge >= 0.3 is 0 Å². The number of nitrogens with one attached hydrogen (secondary N) is 2. The maximum atomic E-state index is 11.9. The molecule has 0 heterocycles. The van der Waals surface area contributed by atoms with Crippen LogP contribution in [0.2, 0.25) is 0 Å². The van der Waals surface area contributed by atoms with Crippen molar-refractivity contribution in [3.8, 4) is 0 Å². The molecule has 0 saturated carbocycles. The molecule has 0 aliphatic rings. The maximum Gasteiger partial charge on any atom is 0.251 e. The van der Waals surface area contributed by atoms with Gasteiger partial charge in [-0.2, -0.15) is 0 Å². The lowest BCUT2D eigenvalue weighted by atomic mass is 10.2. The monoisotopic (exact) mass is 296 g/mol. The molecule has 0 aliphatic carbocycles. The summed E-state index contributed by atoms with van der Waals surface area (Å²) in [5, 5.41) is 2.75. The number of hydrogen-bond acceptors (Lipinski definition) is 3. The van der Waals surface area contributed by atoms with Crippen LogP contribution in [-0.2, 0) is 10.0 Å². The lowest BCUT2D eigenvalue weighted by molar-refractivity contribution is 0.0949. The van der Waals surface area contributed by atoms with E-state index in [0.29, 0.717) is 18.0 Å². The Bertz CT molecular complexity index is 580. The molecule has 1 aromatic carbocycles. The number of carbonyl (C=O) groups excluding carboxylic acids is 1. The first-order chi connectivity index (χ1) is 9.36. The predicted octanol–water partition coefficient (Wildman–Crippen LogP) is 1.54. The summed E-state index contributed by atoms with van der Waals surface area (Å²) in [5.74, 6) is 0.0552. The summed E-state index contributed by atoms with van der Waals surface area (Å²) >= 11 is 0. The van der Waals surface area contributed by atoms with E-state index in [1.54, 1.807) is 12.1 Å². The smallest absolute Gasteiger partial charge is 0.251 e. The third kappa shape index (κ3) is 4.79. The maximum absolute atomic E-state index is 11.9. The average Bonchev–Trinajstić information content (AvgIpc) is 2.42. The van der Waals surface area contributed by atoms with Gasteiger partial charge in [0.05, 0.1) is 4.90 Å². The van der Waals surface area contributed by atoms with Crippen molar-refractivity contribution in [3.63, 3.8) is 0 Å². The Morgan fingerprint density at radius 3 is 2.70 bits per heavy atom. The minimum Gasteiger partial charge on any atom is -0.352 e. The Balaban J connectivity index is 2.90. The molecule has 0 bridgehead atoms. The molecule has 0 unspecified atom stereocenters. The molecule has 0 aliphatic heterocycles. The van der Waals surface area contributed by atoms with Crippen molar-refractivity contribution < 1.29 is 13.2 Å². The van der Waals surface area contributed by atoms with Gasteiger partial charge in [-0.3, -0.25) is 4.79 Å². The van der Waals surface area contributed by atoms with Gasteiger partial charge < -0.3 is 5.32 Å². The highest BCUT2D eigenvalue weighted by molar-refractivity contribution is 7.89. The molecular formula is C14H20N2O3S. The lowest BCUT2D eigenvalue weighted by Crippen LogP contribution is -2.28. The van der Waals surface area contributed by atoms with E-state index in [9.17, 15) is 13.2 Å². The Kier molecular flexibility index (Phi) is 5.91. The molecule has 20 heavy (non-hydrogen) atoms. The second-order valence-electron chi connectivity index (χ2n) is 4.77. The van der Waals surface area contributed by atoms with Gasteiger partial charge in [-0.1, -0.05) is 26.0 Å². The van der Waals surface area contributed by atoms with Crippen LogP contribution in [0.1, 0.15) is 24.2 Å². The van der Waals surface area contributed by atoms with Crippen LogP contribution < -0.4 is 10.0 Å². The summed E-state index contributed by atoms with van der Waals surface area (Å²) in [6.45, 7) is 8.12. The topological polar surface area (TPSA) is 75.3 Å². The molecule has 6 heteroatoms. The Hall–Kier alpha value is -1.66. The van der Waals surface area contributed by atoms with E-state index in [0.717, 1.165) is 0 Å². The molecule has 0 saturated heterocycles. The van der Waals surface area contributed by atoms with Crippen LogP contribution in [0.15, 0.2) is 41.8 Å². The highest BCUT2D eigenvalue weighted by atomic mass is 32.2. The number of hydrogen-bond donors (Lipinski definition) is 2. The third-order valence-corrected chi connectivity index (χ3v) is 3.92. The van der Waals surface area contributed by atoms with Crippen molar-refractivity contribution in [2.75, 3.05) is 13.1 Å². The number of sulfonamides is 1. The van der Waals surface area contributed by atoms with Crippen molar-refractivity contribution in [1.29, 1.82) is 0 Å². The molecule has 1 amide bonds. The molecule has 1 rings (SSSR count). The van der Waals surface area contributed by atoms with Crippen LogP contribution in [0.4, 0.5) is 0 Å². The molecule has 0 aromatic heterocycles. The molecule has 0 atom stereocenters. The predicted molar refractivity (Wildman–Crippen MR) is 79.0 cm³/mol. The minimum atomic E-state index is -3.61. The Morgan fingerprint density at radius 2 is 2.10 bits per heavy atom. The normalized spacial score (nSPS) is 11.3. The van der Waals surface area contributed by atoms with Gasteiger partial charge in [0.2, 0.25) is 10.0 Å². The molecule has 0 fully saturated rings. The molecule has 0 radical (unpaired) electrons. The van der Waals surface area contributed by atoms with Gasteiger partial charge in [-0.25, -0.2) is 13.1 Å². The van der Waals surface area contributed by atoms with Crippen molar-refractivity contribution in [1.82, 2.24) is 10.0 Å². The quantitative estimate of drug-likeness (QED) is 0.749. The minimum absolute atomic E-state index is 0.0662. The summed E-state index contributed by atoms with van der Waals surface area (Å²) < 4.78 is 26.2. The fourth-order valence-corrected chi connectivity index (χ4v) is 2.50. The van der Waals surface area contributed by atoms with E-state index in [1.165, 1.54) is 18.2 Å². The zero-order valence-corrected chi connectivity index (χ0v) is 12.5. The molecule has 5 nitrogen and oxygen atoms in total. The largest absolute Gasteiger partial charge is 0.352 e. The summed E-state index contributed by atoms with van der Waals surface area (Å²) in [5.41, 5.74) is 0.326. The van der Waals surface area contributed by atoms with Gasteiger partial charge in [-0.05, 0) is 24.1 Å². The van der Waals surface area contributed by atoms with Gasteiger partial charge in [0.25, 0.3) is 5.91 Å². The highest BCUT2D eigenvalue weighted by Crippen LogP contribution is 2.11. The summed E-state index contributed by atoms with van der Waals surface area (Å²) in [4.78, 5) is 12.0. The van der Waals surface area contributed by atoms with Crippen LogP contribution in [0.3, 0.4) is 0 Å². The molecule has 110 valence electrons. The summed E-state index contributed by atoms with van der Waals surface area (Å²) in [7, 11) is -3.61. The Morgan fingerprint density at radius 1 is 1.40 bits per heavy atom. The van der Waals surface area contributed by atoms with Crippen molar-refractivity contribution >= 4 is 15.9 Å². The Labute approximate surface area is 120 Å². The van der Waals surface area contributed by atoms with E-state index in [-0.39, 0.29) is 17.3 Å². The van der Waals surface area contributed by atoms with Crippen molar-refractivity contribution in [2.24, 2.45) is 5.92 Å². The highest BCUT2D eigenvalue weighted by Gasteiger charge is 2.15. The first-order valence-corrected chi connectivity index (χ1v) is 7.84. The first kappa shape index (κ1) is 16.4. The molecule has 2 N–H and O–H groups in total. The summed E-state index contributed by atoms with van der Waals surface area (Å²) in [6, 6.07) is 5.95. The average molecular weight is 296 g/mol. The SMILES string of the molecule is C=CCNS(=O)(=O)c1cccc(C(=O)NCC(C)C)c1. The summed E-state index contributed by atoms with van der Waals surface area (Å²) in [6.07, 6.45) is 1.46. The fourth-order valence-electron chi connectivity index (χ4n) is 1.46. The first-order valence-electron chi connectivity index (χ1n) is 6.35. The van der Waals surface area contributed by atoms with E-state index in [4.69, 9.17) is 0 Å². The van der Waals surface area contributed by atoms with E-state index in [1.807, 2.05) is 13.8 Å². The fraction of sp³-hybridized carbons (Fsp3) is 0.357. The van der Waals surface area contributed by atoms with Crippen molar-refractivity contribution in [2.45, 2.75) is 18.7 Å². The third-order valence-electron chi connectivity index (χ3n) is 2.50.